The molecule has 2 aliphatic rings. The SMILES string of the molecule is CC(C)CO[C@H]1O[C@H](CNCC2CC2)[C@@H](O)[C@H](O)[C@@H]1O. The van der Waals surface area contributed by atoms with E-state index in [1.807, 2.05) is 13.8 Å². The van der Waals surface area contributed by atoms with Gasteiger partial charge >= 0.3 is 0 Å². The van der Waals surface area contributed by atoms with E-state index in [9.17, 15) is 15.3 Å². The molecule has 4 N–H and O–H groups in total. The Labute approximate surface area is 120 Å². The predicted molar refractivity (Wildman–Crippen MR) is 73.1 cm³/mol. The van der Waals surface area contributed by atoms with Crippen LogP contribution in [0.15, 0.2) is 0 Å². The Bertz CT molecular complexity index is 295. The third-order valence-corrected chi connectivity index (χ3v) is 3.74. The van der Waals surface area contributed by atoms with E-state index in [4.69, 9.17) is 9.47 Å². The topological polar surface area (TPSA) is 91.2 Å². The van der Waals surface area contributed by atoms with Crippen molar-refractivity contribution in [3.05, 3.63) is 0 Å². The first-order valence-corrected chi connectivity index (χ1v) is 7.51. The highest BCUT2D eigenvalue weighted by Crippen LogP contribution is 2.28. The van der Waals surface area contributed by atoms with Crippen LogP contribution >= 0.6 is 0 Å². The van der Waals surface area contributed by atoms with Gasteiger partial charge in [-0.1, -0.05) is 13.8 Å². The molecule has 0 spiro atoms. The second kappa shape index (κ2) is 7.15. The summed E-state index contributed by atoms with van der Waals surface area (Å²) in [4.78, 5) is 0. The lowest BCUT2D eigenvalue weighted by atomic mass is 9.98. The van der Waals surface area contributed by atoms with Gasteiger partial charge in [-0.05, 0) is 31.2 Å². The van der Waals surface area contributed by atoms with Crippen molar-refractivity contribution in [1.82, 2.24) is 5.32 Å². The molecule has 6 heteroatoms. The molecule has 1 aliphatic heterocycles. The van der Waals surface area contributed by atoms with E-state index in [-0.39, 0.29) is 0 Å². The Morgan fingerprint density at radius 1 is 1.10 bits per heavy atom. The van der Waals surface area contributed by atoms with Crippen LogP contribution in [0.2, 0.25) is 0 Å². The highest BCUT2D eigenvalue weighted by molar-refractivity contribution is 4.90. The number of hydrogen-bond acceptors (Lipinski definition) is 6. The smallest absolute Gasteiger partial charge is 0.186 e. The zero-order valence-electron chi connectivity index (χ0n) is 12.2. The number of aliphatic hydroxyl groups excluding tert-OH is 3. The van der Waals surface area contributed by atoms with Gasteiger partial charge in [0, 0.05) is 6.54 Å². The lowest BCUT2D eigenvalue weighted by Gasteiger charge is -2.40. The van der Waals surface area contributed by atoms with Gasteiger partial charge < -0.3 is 30.1 Å². The molecule has 0 aromatic rings. The first-order valence-electron chi connectivity index (χ1n) is 7.51. The standard InChI is InChI=1S/C14H27NO5/c1-8(2)7-19-14-13(18)12(17)11(16)10(20-14)6-15-5-9-3-4-9/h8-18H,3-7H2,1-2H3/t10-,11-,12+,13+,14+/m1/s1. The first kappa shape index (κ1) is 16.1. The normalized spacial score (nSPS) is 38.4. The van der Waals surface area contributed by atoms with E-state index < -0.39 is 30.7 Å². The number of rotatable bonds is 7. The van der Waals surface area contributed by atoms with Crippen LogP contribution in [-0.4, -0.2) is 65.7 Å². The van der Waals surface area contributed by atoms with Gasteiger partial charge in [0.25, 0.3) is 0 Å². The lowest BCUT2D eigenvalue weighted by molar-refractivity contribution is -0.297. The maximum Gasteiger partial charge on any atom is 0.186 e. The van der Waals surface area contributed by atoms with E-state index in [1.165, 1.54) is 12.8 Å². The molecule has 1 saturated carbocycles. The van der Waals surface area contributed by atoms with Crippen LogP contribution in [0.1, 0.15) is 26.7 Å². The van der Waals surface area contributed by atoms with Crippen LogP contribution in [-0.2, 0) is 9.47 Å². The van der Waals surface area contributed by atoms with Crippen LogP contribution in [0.4, 0.5) is 0 Å². The van der Waals surface area contributed by atoms with Gasteiger partial charge in [0.05, 0.1) is 6.61 Å². The van der Waals surface area contributed by atoms with Crippen LogP contribution in [0.3, 0.4) is 0 Å². The molecular weight excluding hydrogens is 262 g/mol. The number of nitrogens with one attached hydrogen (secondary N) is 1. The van der Waals surface area contributed by atoms with Crippen molar-refractivity contribution in [2.75, 3.05) is 19.7 Å². The maximum absolute atomic E-state index is 9.95. The van der Waals surface area contributed by atoms with E-state index in [2.05, 4.69) is 5.32 Å². The fourth-order valence-corrected chi connectivity index (χ4v) is 2.26. The highest BCUT2D eigenvalue weighted by Gasteiger charge is 2.44. The van der Waals surface area contributed by atoms with E-state index in [0.29, 0.717) is 19.1 Å². The summed E-state index contributed by atoms with van der Waals surface area (Å²) in [7, 11) is 0. The third kappa shape index (κ3) is 4.38. The molecule has 1 saturated heterocycles. The number of aliphatic hydroxyl groups is 3. The van der Waals surface area contributed by atoms with Crippen LogP contribution in [0.25, 0.3) is 0 Å². The van der Waals surface area contributed by atoms with Gasteiger partial charge in [-0.15, -0.1) is 0 Å². The van der Waals surface area contributed by atoms with Crippen molar-refractivity contribution in [3.63, 3.8) is 0 Å². The van der Waals surface area contributed by atoms with E-state index in [0.717, 1.165) is 12.5 Å². The second-order valence-corrected chi connectivity index (χ2v) is 6.34. The van der Waals surface area contributed by atoms with Crippen molar-refractivity contribution in [1.29, 1.82) is 0 Å². The average molecular weight is 289 g/mol. The summed E-state index contributed by atoms with van der Waals surface area (Å²) in [5.74, 6) is 1.04. The summed E-state index contributed by atoms with van der Waals surface area (Å²) in [6.45, 7) is 5.78. The fourth-order valence-electron chi connectivity index (χ4n) is 2.26. The lowest BCUT2D eigenvalue weighted by Crippen LogP contribution is -2.60. The van der Waals surface area contributed by atoms with E-state index in [1.54, 1.807) is 0 Å². The van der Waals surface area contributed by atoms with Crippen molar-refractivity contribution in [3.8, 4) is 0 Å². The molecule has 2 rings (SSSR count). The Morgan fingerprint density at radius 2 is 1.80 bits per heavy atom. The summed E-state index contributed by atoms with van der Waals surface area (Å²) in [5.41, 5.74) is 0. The molecule has 1 aliphatic carbocycles. The monoisotopic (exact) mass is 289 g/mol. The third-order valence-electron chi connectivity index (χ3n) is 3.74. The molecule has 0 unspecified atom stereocenters. The van der Waals surface area contributed by atoms with Crippen molar-refractivity contribution < 1.29 is 24.8 Å². The van der Waals surface area contributed by atoms with Crippen LogP contribution in [0.5, 0.6) is 0 Å². The van der Waals surface area contributed by atoms with Gasteiger partial charge in [0.2, 0.25) is 0 Å². The summed E-state index contributed by atoms with van der Waals surface area (Å²) in [6, 6.07) is 0. The van der Waals surface area contributed by atoms with Crippen molar-refractivity contribution in [2.24, 2.45) is 11.8 Å². The van der Waals surface area contributed by atoms with Crippen LogP contribution in [0, 0.1) is 11.8 Å². The molecule has 0 radical (unpaired) electrons. The minimum atomic E-state index is -1.24. The van der Waals surface area contributed by atoms with Gasteiger partial charge in [-0.3, -0.25) is 0 Å². The minimum absolute atomic E-state index is 0.307. The molecule has 118 valence electrons. The molecule has 1 heterocycles. The number of hydrogen-bond donors (Lipinski definition) is 4. The zero-order valence-corrected chi connectivity index (χ0v) is 12.2. The molecule has 20 heavy (non-hydrogen) atoms. The first-order chi connectivity index (χ1) is 9.49. The average Bonchev–Trinajstić information content (AvgIpc) is 3.21. The summed E-state index contributed by atoms with van der Waals surface area (Å²) in [5, 5.41) is 33.0. The maximum atomic E-state index is 9.95. The van der Waals surface area contributed by atoms with Gasteiger partial charge in [-0.2, -0.15) is 0 Å². The van der Waals surface area contributed by atoms with Gasteiger partial charge in [0.1, 0.15) is 24.4 Å². The zero-order chi connectivity index (χ0) is 14.7. The van der Waals surface area contributed by atoms with Crippen molar-refractivity contribution in [2.45, 2.75) is 57.4 Å². The summed E-state index contributed by atoms with van der Waals surface area (Å²) < 4.78 is 11.1. The molecule has 6 nitrogen and oxygen atoms in total. The minimum Gasteiger partial charge on any atom is -0.388 e. The molecule has 0 bridgehead atoms. The van der Waals surface area contributed by atoms with Gasteiger partial charge in [-0.25, -0.2) is 0 Å². The van der Waals surface area contributed by atoms with Gasteiger partial charge in [0.15, 0.2) is 6.29 Å². The number of ether oxygens (including phenoxy) is 2. The van der Waals surface area contributed by atoms with Crippen molar-refractivity contribution >= 4 is 0 Å². The Morgan fingerprint density at radius 3 is 2.40 bits per heavy atom. The van der Waals surface area contributed by atoms with Crippen LogP contribution < -0.4 is 5.32 Å². The molecule has 5 atom stereocenters. The Balaban J connectivity index is 1.82. The Hall–Kier alpha value is -0.240. The molecule has 0 aromatic carbocycles. The Kier molecular flexibility index (Phi) is 5.77. The van der Waals surface area contributed by atoms with E-state index >= 15 is 0 Å². The molecule has 2 fully saturated rings. The summed E-state index contributed by atoms with van der Waals surface area (Å²) in [6.07, 6.45) is -2.51. The highest BCUT2D eigenvalue weighted by atomic mass is 16.7. The largest absolute Gasteiger partial charge is 0.388 e. The molecule has 0 aromatic heterocycles. The summed E-state index contributed by atoms with van der Waals surface area (Å²) >= 11 is 0. The quantitative estimate of drug-likeness (QED) is 0.503. The fraction of sp³-hybridized carbons (Fsp3) is 1.00. The molecular formula is C14H27NO5. The molecule has 0 amide bonds. The second-order valence-electron chi connectivity index (χ2n) is 6.34. The predicted octanol–water partition coefficient (Wildman–Crippen LogP) is -0.534.